The Labute approximate surface area is 161 Å². The van der Waals surface area contributed by atoms with Crippen molar-refractivity contribution in [1.29, 1.82) is 0 Å². The number of aryl methyl sites for hydroxylation is 1. The van der Waals surface area contributed by atoms with Crippen LogP contribution in [0.2, 0.25) is 0 Å². The van der Waals surface area contributed by atoms with E-state index in [1.165, 1.54) is 24.1 Å². The van der Waals surface area contributed by atoms with Gasteiger partial charge in [-0.05, 0) is 49.1 Å². The van der Waals surface area contributed by atoms with Crippen LogP contribution in [0.25, 0.3) is 16.7 Å². The molecule has 0 aliphatic rings. The second kappa shape index (κ2) is 9.00. The van der Waals surface area contributed by atoms with E-state index >= 15 is 0 Å². The van der Waals surface area contributed by atoms with E-state index in [2.05, 4.69) is 24.0 Å². The first-order chi connectivity index (χ1) is 13.1. The number of hydrogen-bond donors (Lipinski definition) is 1. The van der Waals surface area contributed by atoms with Gasteiger partial charge in [-0.1, -0.05) is 45.2 Å². The summed E-state index contributed by atoms with van der Waals surface area (Å²) >= 11 is 0. The SMILES string of the molecule is CCCCC(CC)COCc1cc(C)cc(-n2nc3ccccc3n2)c1O. The predicted molar refractivity (Wildman–Crippen MR) is 108 cm³/mol. The second-order valence-corrected chi connectivity index (χ2v) is 7.20. The average molecular weight is 367 g/mol. The van der Waals surface area contributed by atoms with Crippen LogP contribution in [0.3, 0.4) is 0 Å². The van der Waals surface area contributed by atoms with Gasteiger partial charge >= 0.3 is 0 Å². The zero-order valence-electron chi connectivity index (χ0n) is 16.5. The molecule has 0 amide bonds. The van der Waals surface area contributed by atoms with Gasteiger partial charge in [-0.25, -0.2) is 0 Å². The third-order valence-electron chi connectivity index (χ3n) is 4.97. The highest BCUT2D eigenvalue weighted by atomic mass is 16.5. The maximum Gasteiger partial charge on any atom is 0.148 e. The molecular weight excluding hydrogens is 338 g/mol. The summed E-state index contributed by atoms with van der Waals surface area (Å²) in [5.41, 5.74) is 4.01. The third-order valence-corrected chi connectivity index (χ3v) is 4.97. The monoisotopic (exact) mass is 367 g/mol. The van der Waals surface area contributed by atoms with E-state index in [1.807, 2.05) is 43.3 Å². The van der Waals surface area contributed by atoms with Gasteiger partial charge < -0.3 is 9.84 Å². The molecule has 5 heteroatoms. The largest absolute Gasteiger partial charge is 0.505 e. The Morgan fingerprint density at radius 1 is 1.11 bits per heavy atom. The van der Waals surface area contributed by atoms with E-state index in [0.717, 1.165) is 35.2 Å². The molecule has 27 heavy (non-hydrogen) atoms. The molecule has 0 saturated carbocycles. The molecule has 0 aliphatic heterocycles. The minimum Gasteiger partial charge on any atom is -0.505 e. The van der Waals surface area contributed by atoms with Crippen LogP contribution in [0.1, 0.15) is 50.7 Å². The van der Waals surface area contributed by atoms with Crippen LogP contribution in [0.5, 0.6) is 5.75 Å². The molecule has 0 bridgehead atoms. The van der Waals surface area contributed by atoms with Crippen LogP contribution in [0.4, 0.5) is 0 Å². The van der Waals surface area contributed by atoms with Crippen LogP contribution >= 0.6 is 0 Å². The summed E-state index contributed by atoms with van der Waals surface area (Å²) in [6.07, 6.45) is 4.76. The first-order valence-electron chi connectivity index (χ1n) is 9.85. The van der Waals surface area contributed by atoms with Crippen LogP contribution < -0.4 is 0 Å². The number of rotatable bonds is 9. The quantitative estimate of drug-likeness (QED) is 0.567. The Bertz CT molecular complexity index is 855. The van der Waals surface area contributed by atoms with Crippen molar-refractivity contribution in [2.75, 3.05) is 6.61 Å². The molecule has 0 fully saturated rings. The van der Waals surface area contributed by atoms with Crippen LogP contribution in [0, 0.1) is 12.8 Å². The molecule has 0 saturated heterocycles. The lowest BCUT2D eigenvalue weighted by atomic mass is 10.0. The van der Waals surface area contributed by atoms with Crippen molar-refractivity contribution in [3.05, 3.63) is 47.5 Å². The van der Waals surface area contributed by atoms with Gasteiger partial charge in [-0.15, -0.1) is 15.0 Å². The highest BCUT2D eigenvalue weighted by molar-refractivity contribution is 5.73. The number of aromatic hydroxyl groups is 1. The van der Waals surface area contributed by atoms with Gasteiger partial charge in [-0.2, -0.15) is 0 Å². The molecular formula is C22H29N3O2. The number of unbranched alkanes of at least 4 members (excludes halogenated alkanes) is 1. The van der Waals surface area contributed by atoms with Gasteiger partial charge in [0.25, 0.3) is 0 Å². The number of hydrogen-bond acceptors (Lipinski definition) is 4. The topological polar surface area (TPSA) is 60.2 Å². The molecule has 1 unspecified atom stereocenters. The third kappa shape index (κ3) is 4.66. The van der Waals surface area contributed by atoms with Crippen LogP contribution in [-0.4, -0.2) is 26.7 Å². The molecule has 0 aliphatic carbocycles. The normalized spacial score (nSPS) is 12.6. The van der Waals surface area contributed by atoms with Crippen molar-refractivity contribution >= 4 is 11.0 Å². The summed E-state index contributed by atoms with van der Waals surface area (Å²) in [7, 11) is 0. The van der Waals surface area contributed by atoms with Crippen molar-refractivity contribution in [2.24, 2.45) is 5.92 Å². The predicted octanol–water partition coefficient (Wildman–Crippen LogP) is 5.17. The lowest BCUT2D eigenvalue weighted by Gasteiger charge is -2.16. The fourth-order valence-corrected chi connectivity index (χ4v) is 3.30. The Morgan fingerprint density at radius 3 is 2.44 bits per heavy atom. The van der Waals surface area contributed by atoms with Crippen molar-refractivity contribution in [3.8, 4) is 11.4 Å². The zero-order chi connectivity index (χ0) is 19.2. The Hall–Kier alpha value is -2.40. The van der Waals surface area contributed by atoms with Gasteiger partial charge in [-0.3, -0.25) is 0 Å². The van der Waals surface area contributed by atoms with Gasteiger partial charge in [0.1, 0.15) is 22.5 Å². The van der Waals surface area contributed by atoms with Gasteiger partial charge in [0.2, 0.25) is 0 Å². The summed E-state index contributed by atoms with van der Waals surface area (Å²) in [6, 6.07) is 11.6. The van der Waals surface area contributed by atoms with Gasteiger partial charge in [0.05, 0.1) is 6.61 Å². The number of phenolic OH excluding ortho intramolecular Hbond substituents is 1. The molecule has 3 rings (SSSR count). The number of nitrogens with zero attached hydrogens (tertiary/aromatic N) is 3. The number of benzene rings is 2. The fraction of sp³-hybridized carbons (Fsp3) is 0.455. The highest BCUT2D eigenvalue weighted by Gasteiger charge is 2.14. The highest BCUT2D eigenvalue weighted by Crippen LogP contribution is 2.29. The molecule has 3 aromatic rings. The van der Waals surface area contributed by atoms with E-state index in [9.17, 15) is 5.11 Å². The Kier molecular flexibility index (Phi) is 6.45. The van der Waals surface area contributed by atoms with E-state index in [4.69, 9.17) is 4.74 Å². The molecule has 1 aromatic heterocycles. The summed E-state index contributed by atoms with van der Waals surface area (Å²) in [5.74, 6) is 0.761. The van der Waals surface area contributed by atoms with Crippen LogP contribution in [0.15, 0.2) is 36.4 Å². The smallest absolute Gasteiger partial charge is 0.148 e. The Balaban J connectivity index is 1.77. The van der Waals surface area contributed by atoms with Crippen molar-refractivity contribution in [1.82, 2.24) is 15.0 Å². The first kappa shape index (κ1) is 19.4. The average Bonchev–Trinajstić information content (AvgIpc) is 3.10. The molecule has 144 valence electrons. The minimum atomic E-state index is 0.183. The molecule has 5 nitrogen and oxygen atoms in total. The molecule has 1 N–H and O–H groups in total. The van der Waals surface area contributed by atoms with E-state index in [1.54, 1.807) is 0 Å². The summed E-state index contributed by atoms with van der Waals surface area (Å²) in [6.45, 7) is 7.55. The molecule has 0 radical (unpaired) electrons. The lowest BCUT2D eigenvalue weighted by molar-refractivity contribution is 0.0807. The van der Waals surface area contributed by atoms with Gasteiger partial charge in [0, 0.05) is 12.2 Å². The van der Waals surface area contributed by atoms with Crippen molar-refractivity contribution < 1.29 is 9.84 Å². The molecule has 0 spiro atoms. The second-order valence-electron chi connectivity index (χ2n) is 7.20. The molecule has 2 aromatic carbocycles. The number of aromatic nitrogens is 3. The number of phenols is 1. The summed E-state index contributed by atoms with van der Waals surface area (Å²) in [4.78, 5) is 1.51. The summed E-state index contributed by atoms with van der Waals surface area (Å²) < 4.78 is 5.95. The lowest BCUT2D eigenvalue weighted by Crippen LogP contribution is -2.09. The van der Waals surface area contributed by atoms with E-state index < -0.39 is 0 Å². The van der Waals surface area contributed by atoms with Crippen LogP contribution in [-0.2, 0) is 11.3 Å². The number of ether oxygens (including phenoxy) is 1. The number of fused-ring (bicyclic) bond motifs is 1. The maximum absolute atomic E-state index is 10.8. The zero-order valence-corrected chi connectivity index (χ0v) is 16.5. The van der Waals surface area contributed by atoms with Crippen molar-refractivity contribution in [2.45, 2.75) is 53.1 Å². The maximum atomic E-state index is 10.8. The van der Waals surface area contributed by atoms with E-state index in [-0.39, 0.29) is 5.75 Å². The summed E-state index contributed by atoms with van der Waals surface area (Å²) in [5, 5.41) is 19.7. The first-order valence-corrected chi connectivity index (χ1v) is 9.85. The van der Waals surface area contributed by atoms with Gasteiger partial charge in [0.15, 0.2) is 0 Å². The van der Waals surface area contributed by atoms with Crippen molar-refractivity contribution in [3.63, 3.8) is 0 Å². The standard InChI is InChI=1S/C22H29N3O2/c1-4-6-9-17(5-2)14-27-15-18-12-16(3)13-21(22(18)26)25-23-19-10-7-8-11-20(19)24-25/h7-8,10-13,17,26H,4-6,9,14-15H2,1-3H3. The van der Waals surface area contributed by atoms with E-state index in [0.29, 0.717) is 18.2 Å². The molecule has 1 heterocycles. The molecule has 1 atom stereocenters. The minimum absolute atomic E-state index is 0.183. The fourth-order valence-electron chi connectivity index (χ4n) is 3.30. The Morgan fingerprint density at radius 2 is 1.81 bits per heavy atom.